The van der Waals surface area contributed by atoms with Crippen molar-refractivity contribution in [2.75, 3.05) is 0 Å². The first-order chi connectivity index (χ1) is 9.27. The Labute approximate surface area is 116 Å². The van der Waals surface area contributed by atoms with Crippen molar-refractivity contribution in [3.05, 3.63) is 70.3 Å². The van der Waals surface area contributed by atoms with Crippen LogP contribution < -0.4 is 5.73 Å². The highest BCUT2D eigenvalue weighted by atomic mass is 19.4. The number of aryl methyl sites for hydroxylation is 2. The Morgan fingerprint density at radius 2 is 1.35 bits per heavy atom. The predicted octanol–water partition coefficient (Wildman–Crippen LogP) is 4.37. The molecule has 0 fully saturated rings. The van der Waals surface area contributed by atoms with Gasteiger partial charge in [0.05, 0.1) is 11.6 Å². The molecule has 0 saturated heterocycles. The summed E-state index contributed by atoms with van der Waals surface area (Å²) >= 11 is 0. The van der Waals surface area contributed by atoms with Gasteiger partial charge in [0.15, 0.2) is 0 Å². The normalized spacial score (nSPS) is 13.3. The molecule has 0 spiro atoms. The van der Waals surface area contributed by atoms with Crippen LogP contribution in [0.1, 0.15) is 33.9 Å². The smallest absolute Gasteiger partial charge is 0.320 e. The number of benzene rings is 2. The summed E-state index contributed by atoms with van der Waals surface area (Å²) in [5, 5.41) is 0. The molecular formula is C16H16F3N. The SMILES string of the molecule is Cc1cc(C)cc([C@H](N)c2ccc(C(F)(F)F)cc2)c1. The molecule has 2 N–H and O–H groups in total. The lowest BCUT2D eigenvalue weighted by Crippen LogP contribution is -2.13. The molecule has 2 rings (SSSR count). The monoisotopic (exact) mass is 279 g/mol. The van der Waals surface area contributed by atoms with Gasteiger partial charge in [-0.3, -0.25) is 0 Å². The van der Waals surface area contributed by atoms with Gasteiger partial charge in [-0.1, -0.05) is 41.5 Å². The lowest BCUT2D eigenvalue weighted by Gasteiger charge is -2.15. The zero-order chi connectivity index (χ0) is 14.9. The highest BCUT2D eigenvalue weighted by molar-refractivity contribution is 5.37. The topological polar surface area (TPSA) is 26.0 Å². The van der Waals surface area contributed by atoms with Crippen LogP contribution in [-0.2, 0) is 6.18 Å². The number of hydrogen-bond donors (Lipinski definition) is 1. The molecule has 0 aliphatic carbocycles. The third-order valence-corrected chi connectivity index (χ3v) is 3.20. The molecule has 0 bridgehead atoms. The zero-order valence-corrected chi connectivity index (χ0v) is 11.3. The summed E-state index contributed by atoms with van der Waals surface area (Å²) in [6, 6.07) is 10.5. The Balaban J connectivity index is 2.31. The minimum Gasteiger partial charge on any atom is -0.320 e. The largest absolute Gasteiger partial charge is 0.416 e. The lowest BCUT2D eigenvalue weighted by atomic mass is 9.96. The van der Waals surface area contributed by atoms with Crippen LogP contribution in [0, 0.1) is 13.8 Å². The number of rotatable bonds is 2. The summed E-state index contributed by atoms with van der Waals surface area (Å²) in [6.07, 6.45) is -4.32. The molecule has 2 aromatic rings. The van der Waals surface area contributed by atoms with E-state index in [2.05, 4.69) is 0 Å². The maximum absolute atomic E-state index is 12.5. The fourth-order valence-corrected chi connectivity index (χ4v) is 2.26. The van der Waals surface area contributed by atoms with Crippen LogP contribution in [0.2, 0.25) is 0 Å². The van der Waals surface area contributed by atoms with Crippen LogP contribution >= 0.6 is 0 Å². The van der Waals surface area contributed by atoms with Gasteiger partial charge in [0.1, 0.15) is 0 Å². The average molecular weight is 279 g/mol. The van der Waals surface area contributed by atoms with Crippen LogP contribution in [0.5, 0.6) is 0 Å². The third-order valence-electron chi connectivity index (χ3n) is 3.20. The molecule has 1 nitrogen and oxygen atoms in total. The van der Waals surface area contributed by atoms with Crippen molar-refractivity contribution >= 4 is 0 Å². The van der Waals surface area contributed by atoms with Crippen molar-refractivity contribution in [2.24, 2.45) is 5.73 Å². The van der Waals surface area contributed by atoms with E-state index in [0.29, 0.717) is 5.56 Å². The van der Waals surface area contributed by atoms with E-state index in [1.165, 1.54) is 12.1 Å². The molecule has 0 saturated carbocycles. The Bertz CT molecular complexity index is 580. The van der Waals surface area contributed by atoms with Crippen molar-refractivity contribution in [3.8, 4) is 0 Å². The molecule has 0 aliphatic heterocycles. The fourth-order valence-electron chi connectivity index (χ4n) is 2.26. The van der Waals surface area contributed by atoms with E-state index in [1.807, 2.05) is 32.0 Å². The van der Waals surface area contributed by atoms with Gasteiger partial charge in [0.2, 0.25) is 0 Å². The van der Waals surface area contributed by atoms with Crippen molar-refractivity contribution < 1.29 is 13.2 Å². The van der Waals surface area contributed by atoms with E-state index < -0.39 is 17.8 Å². The van der Waals surface area contributed by atoms with Gasteiger partial charge in [-0.15, -0.1) is 0 Å². The number of alkyl halides is 3. The first-order valence-electron chi connectivity index (χ1n) is 6.28. The van der Waals surface area contributed by atoms with Gasteiger partial charge in [0.25, 0.3) is 0 Å². The summed E-state index contributed by atoms with van der Waals surface area (Å²) < 4.78 is 37.6. The van der Waals surface area contributed by atoms with Crippen LogP contribution in [-0.4, -0.2) is 0 Å². The van der Waals surface area contributed by atoms with Gasteiger partial charge in [-0.05, 0) is 37.1 Å². The van der Waals surface area contributed by atoms with E-state index in [4.69, 9.17) is 5.73 Å². The number of nitrogens with two attached hydrogens (primary N) is 1. The Hall–Kier alpha value is -1.81. The Kier molecular flexibility index (Phi) is 3.86. The molecule has 106 valence electrons. The van der Waals surface area contributed by atoms with Crippen molar-refractivity contribution in [3.63, 3.8) is 0 Å². The van der Waals surface area contributed by atoms with Crippen LogP contribution in [0.3, 0.4) is 0 Å². The fraction of sp³-hybridized carbons (Fsp3) is 0.250. The second-order valence-corrected chi connectivity index (χ2v) is 5.02. The van der Waals surface area contributed by atoms with E-state index in [0.717, 1.165) is 28.8 Å². The van der Waals surface area contributed by atoms with Gasteiger partial charge >= 0.3 is 6.18 Å². The summed E-state index contributed by atoms with van der Waals surface area (Å²) in [5.41, 5.74) is 9.22. The second-order valence-electron chi connectivity index (χ2n) is 5.02. The number of halogens is 3. The zero-order valence-electron chi connectivity index (χ0n) is 11.3. The van der Waals surface area contributed by atoms with Crippen LogP contribution in [0.4, 0.5) is 13.2 Å². The molecule has 4 heteroatoms. The number of hydrogen-bond acceptors (Lipinski definition) is 1. The maximum atomic E-state index is 12.5. The van der Waals surface area contributed by atoms with Crippen molar-refractivity contribution in [1.29, 1.82) is 0 Å². The Morgan fingerprint density at radius 1 is 0.850 bits per heavy atom. The summed E-state index contributed by atoms with van der Waals surface area (Å²) in [6.45, 7) is 3.94. The molecule has 0 amide bonds. The van der Waals surface area contributed by atoms with Crippen LogP contribution in [0.15, 0.2) is 42.5 Å². The quantitative estimate of drug-likeness (QED) is 0.868. The highest BCUT2D eigenvalue weighted by Gasteiger charge is 2.30. The lowest BCUT2D eigenvalue weighted by molar-refractivity contribution is -0.137. The molecule has 0 aromatic heterocycles. The third kappa shape index (κ3) is 3.20. The van der Waals surface area contributed by atoms with Crippen molar-refractivity contribution in [2.45, 2.75) is 26.1 Å². The van der Waals surface area contributed by atoms with Gasteiger partial charge in [0, 0.05) is 0 Å². The summed E-state index contributed by atoms with van der Waals surface area (Å²) in [7, 11) is 0. The molecule has 0 aliphatic rings. The molecule has 0 radical (unpaired) electrons. The minimum absolute atomic E-state index is 0.420. The average Bonchev–Trinajstić information content (AvgIpc) is 2.36. The van der Waals surface area contributed by atoms with E-state index >= 15 is 0 Å². The molecule has 20 heavy (non-hydrogen) atoms. The van der Waals surface area contributed by atoms with Gasteiger partial charge in [-0.2, -0.15) is 13.2 Å². The van der Waals surface area contributed by atoms with Gasteiger partial charge in [-0.25, -0.2) is 0 Å². The maximum Gasteiger partial charge on any atom is 0.416 e. The molecular weight excluding hydrogens is 263 g/mol. The minimum atomic E-state index is -4.32. The molecule has 0 heterocycles. The Morgan fingerprint density at radius 3 is 1.80 bits per heavy atom. The summed E-state index contributed by atoms with van der Waals surface area (Å²) in [4.78, 5) is 0. The first-order valence-corrected chi connectivity index (χ1v) is 6.28. The molecule has 0 unspecified atom stereocenters. The van der Waals surface area contributed by atoms with E-state index in [9.17, 15) is 13.2 Å². The van der Waals surface area contributed by atoms with Gasteiger partial charge < -0.3 is 5.73 Å². The predicted molar refractivity (Wildman–Crippen MR) is 73.4 cm³/mol. The summed E-state index contributed by atoms with van der Waals surface area (Å²) in [5.74, 6) is 0. The second kappa shape index (κ2) is 5.29. The first kappa shape index (κ1) is 14.6. The highest BCUT2D eigenvalue weighted by Crippen LogP contribution is 2.30. The van der Waals surface area contributed by atoms with Crippen molar-refractivity contribution in [1.82, 2.24) is 0 Å². The van der Waals surface area contributed by atoms with Crippen LogP contribution in [0.25, 0.3) is 0 Å². The van der Waals surface area contributed by atoms with E-state index in [1.54, 1.807) is 0 Å². The molecule has 2 aromatic carbocycles. The molecule has 1 atom stereocenters. The standard InChI is InChI=1S/C16H16F3N/c1-10-7-11(2)9-13(8-10)15(20)12-3-5-14(6-4-12)16(17,18)19/h3-9,15H,20H2,1-2H3/t15-/m1/s1. The van der Waals surface area contributed by atoms with E-state index in [-0.39, 0.29) is 0 Å².